The summed E-state index contributed by atoms with van der Waals surface area (Å²) in [5.74, 6) is 0.306. The van der Waals surface area contributed by atoms with Gasteiger partial charge in [0, 0.05) is 12.5 Å². The summed E-state index contributed by atoms with van der Waals surface area (Å²) in [6, 6.07) is 9.55. The van der Waals surface area contributed by atoms with Gasteiger partial charge in [0.05, 0.1) is 6.10 Å². The van der Waals surface area contributed by atoms with Gasteiger partial charge in [-0.1, -0.05) is 43.2 Å². The van der Waals surface area contributed by atoms with E-state index in [1.807, 2.05) is 37.3 Å². The van der Waals surface area contributed by atoms with Crippen LogP contribution in [0.5, 0.6) is 0 Å². The largest absolute Gasteiger partial charge is 0.387 e. The Morgan fingerprint density at radius 2 is 1.89 bits per heavy atom. The molecule has 2 rings (SSSR count). The lowest BCUT2D eigenvalue weighted by Gasteiger charge is -2.32. The molecule has 0 radical (unpaired) electrons. The van der Waals surface area contributed by atoms with Crippen molar-refractivity contribution in [1.29, 1.82) is 0 Å². The van der Waals surface area contributed by atoms with Crippen LogP contribution >= 0.6 is 0 Å². The molecule has 1 aliphatic carbocycles. The molecule has 1 fully saturated rings. The number of benzene rings is 1. The molecule has 0 spiro atoms. The molecule has 0 amide bonds. The molecule has 1 aliphatic rings. The third-order valence-electron chi connectivity index (χ3n) is 3.99. The number of aliphatic hydroxyl groups is 2. The van der Waals surface area contributed by atoms with Crippen molar-refractivity contribution in [3.05, 3.63) is 35.9 Å². The highest BCUT2D eigenvalue weighted by atomic mass is 16.3. The first kappa shape index (κ1) is 13.5. The van der Waals surface area contributed by atoms with Crippen LogP contribution in [0.4, 0.5) is 0 Å². The Hall–Kier alpha value is -0.900. The Labute approximate surface area is 109 Å². The molecule has 0 aromatic heterocycles. The molecule has 0 bridgehead atoms. The van der Waals surface area contributed by atoms with E-state index < -0.39 is 11.8 Å². The van der Waals surface area contributed by atoms with Gasteiger partial charge in [-0.3, -0.25) is 5.32 Å². The fourth-order valence-corrected chi connectivity index (χ4v) is 2.73. The molecular formula is C15H23NO2. The lowest BCUT2D eigenvalue weighted by molar-refractivity contribution is -0.0390. The highest BCUT2D eigenvalue weighted by Gasteiger charge is 2.33. The van der Waals surface area contributed by atoms with E-state index >= 15 is 0 Å². The standard InChI is InChI=1S/C15H23NO2/c1-15(18,13-9-5-6-10-13)16-11-14(17)12-7-3-2-4-8-12/h2-4,7-8,13-14,16-18H,5-6,9-11H2,1H3/t14-,15?/m0/s1. The molecule has 18 heavy (non-hydrogen) atoms. The molecular weight excluding hydrogens is 226 g/mol. The second-order valence-corrected chi connectivity index (χ2v) is 5.44. The van der Waals surface area contributed by atoms with E-state index in [0.717, 1.165) is 18.4 Å². The Kier molecular flexibility index (Phi) is 4.38. The Balaban J connectivity index is 1.87. The van der Waals surface area contributed by atoms with E-state index in [0.29, 0.717) is 12.5 Å². The molecule has 0 saturated heterocycles. The van der Waals surface area contributed by atoms with Crippen molar-refractivity contribution < 1.29 is 10.2 Å². The first-order chi connectivity index (χ1) is 8.59. The monoisotopic (exact) mass is 249 g/mol. The van der Waals surface area contributed by atoms with E-state index in [9.17, 15) is 10.2 Å². The van der Waals surface area contributed by atoms with Crippen molar-refractivity contribution >= 4 is 0 Å². The molecule has 1 aromatic rings. The zero-order valence-electron chi connectivity index (χ0n) is 11.0. The molecule has 1 unspecified atom stereocenters. The summed E-state index contributed by atoms with van der Waals surface area (Å²) in [5, 5.41) is 23.5. The highest BCUT2D eigenvalue weighted by Crippen LogP contribution is 2.32. The van der Waals surface area contributed by atoms with Crippen LogP contribution in [-0.2, 0) is 0 Å². The van der Waals surface area contributed by atoms with Gasteiger partial charge in [-0.05, 0) is 25.3 Å². The van der Waals surface area contributed by atoms with Gasteiger partial charge >= 0.3 is 0 Å². The lowest BCUT2D eigenvalue weighted by Crippen LogP contribution is -2.49. The normalized spacial score (nSPS) is 21.7. The topological polar surface area (TPSA) is 52.5 Å². The summed E-state index contributed by atoms with van der Waals surface area (Å²) >= 11 is 0. The number of rotatable bonds is 5. The number of hydrogen-bond donors (Lipinski definition) is 3. The van der Waals surface area contributed by atoms with Crippen molar-refractivity contribution in [3.8, 4) is 0 Å². The Bertz CT molecular complexity index is 358. The average molecular weight is 249 g/mol. The summed E-state index contributed by atoms with van der Waals surface area (Å²) in [7, 11) is 0. The van der Waals surface area contributed by atoms with Crippen LogP contribution in [0.15, 0.2) is 30.3 Å². The first-order valence-electron chi connectivity index (χ1n) is 6.80. The predicted octanol–water partition coefficient (Wildman–Crippen LogP) is 2.21. The van der Waals surface area contributed by atoms with Crippen molar-refractivity contribution in [2.75, 3.05) is 6.54 Å². The lowest BCUT2D eigenvalue weighted by atomic mass is 9.95. The van der Waals surface area contributed by atoms with E-state index in [2.05, 4.69) is 5.32 Å². The van der Waals surface area contributed by atoms with Crippen LogP contribution < -0.4 is 5.32 Å². The van der Waals surface area contributed by atoms with Gasteiger partial charge in [0.15, 0.2) is 0 Å². The second kappa shape index (κ2) is 5.83. The fraction of sp³-hybridized carbons (Fsp3) is 0.600. The molecule has 0 aliphatic heterocycles. The molecule has 1 saturated carbocycles. The van der Waals surface area contributed by atoms with Gasteiger partial charge in [-0.15, -0.1) is 0 Å². The minimum absolute atomic E-state index is 0.306. The van der Waals surface area contributed by atoms with Gasteiger partial charge in [0.25, 0.3) is 0 Å². The summed E-state index contributed by atoms with van der Waals surface area (Å²) in [6.07, 6.45) is 3.97. The van der Waals surface area contributed by atoms with Crippen LogP contribution in [-0.4, -0.2) is 22.5 Å². The molecule has 1 aromatic carbocycles. The van der Waals surface area contributed by atoms with Crippen LogP contribution in [0.3, 0.4) is 0 Å². The summed E-state index contributed by atoms with van der Waals surface area (Å²) in [5.41, 5.74) is 0.0129. The number of hydrogen-bond acceptors (Lipinski definition) is 3. The van der Waals surface area contributed by atoms with Gasteiger partial charge in [0.1, 0.15) is 5.72 Å². The summed E-state index contributed by atoms with van der Waals surface area (Å²) < 4.78 is 0. The quantitative estimate of drug-likeness (QED) is 0.701. The van der Waals surface area contributed by atoms with Crippen molar-refractivity contribution in [2.24, 2.45) is 5.92 Å². The molecule has 3 nitrogen and oxygen atoms in total. The zero-order chi connectivity index (χ0) is 13.0. The summed E-state index contributed by atoms with van der Waals surface area (Å²) in [4.78, 5) is 0. The van der Waals surface area contributed by atoms with E-state index in [1.165, 1.54) is 12.8 Å². The maximum absolute atomic E-state index is 10.4. The second-order valence-electron chi connectivity index (χ2n) is 5.44. The predicted molar refractivity (Wildman–Crippen MR) is 72.0 cm³/mol. The Morgan fingerprint density at radius 1 is 1.28 bits per heavy atom. The van der Waals surface area contributed by atoms with Crippen molar-refractivity contribution in [3.63, 3.8) is 0 Å². The Morgan fingerprint density at radius 3 is 2.50 bits per heavy atom. The van der Waals surface area contributed by atoms with Crippen LogP contribution in [0, 0.1) is 5.92 Å². The average Bonchev–Trinajstić information content (AvgIpc) is 2.92. The first-order valence-corrected chi connectivity index (χ1v) is 6.80. The smallest absolute Gasteiger partial charge is 0.116 e. The van der Waals surface area contributed by atoms with Crippen LogP contribution in [0.25, 0.3) is 0 Å². The zero-order valence-corrected chi connectivity index (χ0v) is 11.0. The van der Waals surface area contributed by atoms with E-state index in [4.69, 9.17) is 0 Å². The highest BCUT2D eigenvalue weighted by molar-refractivity contribution is 5.17. The van der Waals surface area contributed by atoms with Gasteiger partial charge in [-0.2, -0.15) is 0 Å². The molecule has 3 N–H and O–H groups in total. The van der Waals surface area contributed by atoms with Gasteiger partial charge < -0.3 is 10.2 Å². The third kappa shape index (κ3) is 3.31. The minimum Gasteiger partial charge on any atom is -0.387 e. The van der Waals surface area contributed by atoms with Gasteiger partial charge in [0.2, 0.25) is 0 Å². The minimum atomic E-state index is -0.869. The number of aliphatic hydroxyl groups excluding tert-OH is 1. The third-order valence-corrected chi connectivity index (χ3v) is 3.99. The SMILES string of the molecule is CC(O)(NC[C@H](O)c1ccccc1)C1CCCC1. The molecule has 100 valence electrons. The maximum atomic E-state index is 10.4. The van der Waals surface area contributed by atoms with E-state index in [1.54, 1.807) is 0 Å². The molecule has 3 heteroatoms. The van der Waals surface area contributed by atoms with E-state index in [-0.39, 0.29) is 0 Å². The fourth-order valence-electron chi connectivity index (χ4n) is 2.73. The van der Waals surface area contributed by atoms with Crippen LogP contribution in [0.2, 0.25) is 0 Å². The number of nitrogens with one attached hydrogen (secondary N) is 1. The molecule has 0 heterocycles. The summed E-state index contributed by atoms with van der Waals surface area (Å²) in [6.45, 7) is 2.20. The van der Waals surface area contributed by atoms with Crippen molar-refractivity contribution in [1.82, 2.24) is 5.32 Å². The molecule has 2 atom stereocenters. The van der Waals surface area contributed by atoms with Gasteiger partial charge in [-0.25, -0.2) is 0 Å². The maximum Gasteiger partial charge on any atom is 0.116 e. The van der Waals surface area contributed by atoms with Crippen molar-refractivity contribution in [2.45, 2.75) is 44.4 Å². The van der Waals surface area contributed by atoms with Crippen LogP contribution in [0.1, 0.15) is 44.3 Å².